The topological polar surface area (TPSA) is 675 Å². The van der Waals surface area contributed by atoms with Crippen LogP contribution in [0.2, 0.25) is 0 Å². The Hall–Kier alpha value is -2.66. The Balaban J connectivity index is 1.00. The van der Waals surface area contributed by atoms with Crippen LogP contribution >= 0.6 is 0 Å². The first-order valence-electron chi connectivity index (χ1n) is 31.5. The molecule has 42 atom stereocenters. The molecule has 9 saturated heterocycles. The maximum atomic E-state index is 12.4. The predicted octanol–water partition coefficient (Wildman–Crippen LogP) is -16.5. The highest BCUT2D eigenvalue weighted by molar-refractivity contribution is 5.66. The maximum absolute atomic E-state index is 12.4. The van der Waals surface area contributed by atoms with Crippen molar-refractivity contribution in [3.63, 3.8) is 0 Å². The lowest BCUT2D eigenvalue weighted by molar-refractivity contribution is -0.398. The fourth-order valence-electron chi connectivity index (χ4n) is 12.2. The van der Waals surface area contributed by atoms with Gasteiger partial charge in [0, 0.05) is 13.8 Å². The molecule has 44 heteroatoms. The van der Waals surface area contributed by atoms with Crippen LogP contribution in [-0.2, 0) is 99.6 Å². The monoisotopic (exact) mass is 1450 g/mol. The zero-order chi connectivity index (χ0) is 72.5. The second kappa shape index (κ2) is 34.7. The Morgan fingerprint density at radius 1 is 0.313 bits per heavy atom. The first kappa shape index (κ1) is 80.4. The molecule has 9 aliphatic rings. The molecular formula is C55H90O44. The number of rotatable bonds is 23. The van der Waals surface area contributed by atoms with Crippen molar-refractivity contribution in [2.75, 3.05) is 52.9 Å². The van der Waals surface area contributed by atoms with E-state index in [1.807, 2.05) is 0 Å². The molecule has 0 spiro atoms. The SMILES string of the molecule is CC(=O)OC[C@H]1O[C@@H](O[C@H]2[C@@H](OC[C@H]3O[C@@H](O[C@H]4[C@H](O)[C@@H](O)C(O)O[C@@H]4CO)[C@H](O)[C@@H](O)[C@@H]3O[C@@H]3O[C@H](CO[C@H]4OC[C@@H](O)[C@H](O)[C@H]4O)[C@@H](O[C@@H]4O[C@H](CO[C@H]5OC[C@@H](O)[C@H](O)[C@H]5O)[C@@H](O)[C@H](O)[C@H]4O)[C@H](O)[C@H]3O)OC[C@@H](O)[C@@H]2O)[C@H](O[C@@H]2O[C@@H](C)[C@@H](O)[C@@H](O)[C@@H]2O)[C@@H](O)[C@H]1OC(C)=O. The highest BCUT2D eigenvalue weighted by Gasteiger charge is 2.59. The number of hydrogen-bond donors (Lipinski definition) is 23. The van der Waals surface area contributed by atoms with Crippen molar-refractivity contribution in [2.45, 2.75) is 279 Å². The average molecular weight is 1460 g/mol. The molecule has 9 heterocycles. The highest BCUT2D eigenvalue weighted by Crippen LogP contribution is 2.38. The standard InChI is InChI=1S/C55H90O44/c1-12-23(62)28(67)36(75)50(88-12)98-46-40(79)44(89-14(3)58)20(9-81-13(2)57)94-55(46)99-45-26(65)17(61)7-84-54(45)87-11-22-43(31(70)38(77)52(93-22)95-41-18(4-56)90-47(80)33(72)30(41)69)97-53-39(78)32(71)42(21(92-53)10-86-49-35(74)25(64)16(60)6-83-49)96-51-37(76)29(68)27(66)19(91-51)8-85-48-34(73)24(63)15(59)5-82-48/h12,15-56,59-80H,4-11H2,1-3H3/t12-,15+,16+,17+,18+,19+,20+,21+,22+,23+,24-,25-,26-,27+,28+,29-,30+,31+,32+,33+,34+,35+,36-,37+,38+,39+,40-,41+,42+,43+,44-,45+,46+,47?,48+,49+,50-,51-,52-,53-,54+,55-/m0/s1. The normalized spacial score (nSPS) is 51.7. The molecule has 23 N–H and O–H groups in total. The van der Waals surface area contributed by atoms with Gasteiger partial charge in [0.05, 0.1) is 52.4 Å². The molecule has 1 unspecified atom stereocenters. The summed E-state index contributed by atoms with van der Waals surface area (Å²) in [5.41, 5.74) is 0. The smallest absolute Gasteiger partial charge is 0.303 e. The van der Waals surface area contributed by atoms with E-state index in [1.54, 1.807) is 0 Å². The molecule has 0 aliphatic carbocycles. The van der Waals surface area contributed by atoms with Crippen molar-refractivity contribution < 1.29 is 217 Å². The van der Waals surface area contributed by atoms with Crippen molar-refractivity contribution in [3.05, 3.63) is 0 Å². The second-order valence-electron chi connectivity index (χ2n) is 25.1. The average Bonchev–Trinajstić information content (AvgIpc) is 0.779. The first-order valence-corrected chi connectivity index (χ1v) is 31.5. The zero-order valence-corrected chi connectivity index (χ0v) is 52.8. The molecule has 0 saturated carbocycles. The van der Waals surface area contributed by atoms with Crippen LogP contribution in [0.15, 0.2) is 0 Å². The fourth-order valence-corrected chi connectivity index (χ4v) is 12.2. The third kappa shape index (κ3) is 18.1. The van der Waals surface area contributed by atoms with Gasteiger partial charge in [-0.3, -0.25) is 9.59 Å². The molecule has 0 aromatic carbocycles. The largest absolute Gasteiger partial charge is 0.463 e. The molecule has 44 nitrogen and oxygen atoms in total. The molecule has 9 fully saturated rings. The van der Waals surface area contributed by atoms with Crippen molar-refractivity contribution in [3.8, 4) is 0 Å². The first-order chi connectivity index (χ1) is 46.7. The molecule has 99 heavy (non-hydrogen) atoms. The van der Waals surface area contributed by atoms with Gasteiger partial charge in [0.25, 0.3) is 0 Å². The van der Waals surface area contributed by atoms with Crippen LogP contribution in [-0.4, -0.2) is 440 Å². The minimum Gasteiger partial charge on any atom is -0.463 e. The summed E-state index contributed by atoms with van der Waals surface area (Å²) in [4.78, 5) is 24.5. The highest BCUT2D eigenvalue weighted by atomic mass is 16.8. The van der Waals surface area contributed by atoms with Gasteiger partial charge in [-0.1, -0.05) is 0 Å². The summed E-state index contributed by atoms with van der Waals surface area (Å²) in [6.45, 7) is -3.43. The Labute approximate surface area is 559 Å². The molecule has 574 valence electrons. The molecule has 0 aromatic rings. The van der Waals surface area contributed by atoms with Gasteiger partial charge in [0.1, 0.15) is 196 Å². The van der Waals surface area contributed by atoms with E-state index in [9.17, 15) is 127 Å². The molecular weight excluding hydrogens is 1360 g/mol. The number of esters is 2. The van der Waals surface area contributed by atoms with Gasteiger partial charge in [0.15, 0.2) is 62.7 Å². The summed E-state index contributed by atoms with van der Waals surface area (Å²) < 4.78 is 109. The van der Waals surface area contributed by atoms with Crippen LogP contribution in [0.3, 0.4) is 0 Å². The number of hydrogen-bond acceptors (Lipinski definition) is 44. The van der Waals surface area contributed by atoms with E-state index in [-0.39, 0.29) is 0 Å². The summed E-state index contributed by atoms with van der Waals surface area (Å²) in [6.07, 6.45) is -83.9. The van der Waals surface area contributed by atoms with Crippen molar-refractivity contribution in [2.24, 2.45) is 0 Å². The van der Waals surface area contributed by atoms with E-state index >= 15 is 0 Å². The van der Waals surface area contributed by atoms with Gasteiger partial charge in [-0.05, 0) is 6.92 Å². The summed E-state index contributed by atoms with van der Waals surface area (Å²) in [5.74, 6) is -1.93. The fraction of sp³-hybridized carbons (Fsp3) is 0.964. The van der Waals surface area contributed by atoms with E-state index in [0.717, 1.165) is 13.8 Å². The number of ether oxygens (including phenoxy) is 19. The lowest BCUT2D eigenvalue weighted by Crippen LogP contribution is -2.68. The molecule has 0 bridgehead atoms. The second-order valence-corrected chi connectivity index (χ2v) is 25.1. The van der Waals surface area contributed by atoms with Crippen molar-refractivity contribution in [1.82, 2.24) is 0 Å². The summed E-state index contributed by atoms with van der Waals surface area (Å²) in [7, 11) is 0. The van der Waals surface area contributed by atoms with Crippen LogP contribution in [0.25, 0.3) is 0 Å². The van der Waals surface area contributed by atoms with E-state index in [0.29, 0.717) is 0 Å². The minimum absolute atomic E-state index is 0.520. The van der Waals surface area contributed by atoms with Gasteiger partial charge in [-0.25, -0.2) is 0 Å². The van der Waals surface area contributed by atoms with Gasteiger partial charge >= 0.3 is 11.9 Å². The van der Waals surface area contributed by atoms with Gasteiger partial charge in [-0.2, -0.15) is 0 Å². The molecule has 0 aromatic heterocycles. The quantitative estimate of drug-likeness (QED) is 0.0422. The molecule has 0 radical (unpaired) electrons. The van der Waals surface area contributed by atoms with Gasteiger partial charge in [0.2, 0.25) is 0 Å². The summed E-state index contributed by atoms with van der Waals surface area (Å²) in [5, 5.41) is 252. The Kier molecular flexibility index (Phi) is 28.2. The van der Waals surface area contributed by atoms with Crippen LogP contribution in [0.5, 0.6) is 0 Å². The Bertz CT molecular complexity index is 2520. The van der Waals surface area contributed by atoms with Crippen LogP contribution in [0.1, 0.15) is 20.8 Å². The van der Waals surface area contributed by atoms with Gasteiger partial charge in [-0.15, -0.1) is 0 Å². The minimum atomic E-state index is -2.45. The van der Waals surface area contributed by atoms with Gasteiger partial charge < -0.3 is 207 Å². The van der Waals surface area contributed by atoms with E-state index < -0.39 is 323 Å². The lowest BCUT2D eigenvalue weighted by atomic mass is 9.95. The van der Waals surface area contributed by atoms with Crippen molar-refractivity contribution >= 4 is 11.9 Å². The van der Waals surface area contributed by atoms with E-state index in [1.165, 1.54) is 6.92 Å². The summed E-state index contributed by atoms with van der Waals surface area (Å²) >= 11 is 0. The van der Waals surface area contributed by atoms with Crippen molar-refractivity contribution in [1.29, 1.82) is 0 Å². The number of carbonyl (C=O) groups excluding carboxylic acids is 2. The number of carbonyl (C=O) groups is 2. The van der Waals surface area contributed by atoms with Crippen LogP contribution in [0.4, 0.5) is 0 Å². The third-order valence-electron chi connectivity index (χ3n) is 18.0. The predicted molar refractivity (Wildman–Crippen MR) is 297 cm³/mol. The Morgan fingerprint density at radius 2 is 0.677 bits per heavy atom. The lowest BCUT2D eigenvalue weighted by Gasteiger charge is -2.50. The maximum Gasteiger partial charge on any atom is 0.303 e. The molecule has 9 aliphatic heterocycles. The van der Waals surface area contributed by atoms with Crippen LogP contribution < -0.4 is 0 Å². The Morgan fingerprint density at radius 3 is 1.17 bits per heavy atom. The van der Waals surface area contributed by atoms with E-state index in [4.69, 9.17) is 90.0 Å². The molecule has 0 amide bonds. The zero-order valence-electron chi connectivity index (χ0n) is 52.8. The van der Waals surface area contributed by atoms with Crippen LogP contribution in [0, 0.1) is 0 Å². The number of aliphatic hydroxyl groups is 23. The third-order valence-corrected chi connectivity index (χ3v) is 18.0. The summed E-state index contributed by atoms with van der Waals surface area (Å²) in [6, 6.07) is 0. The van der Waals surface area contributed by atoms with E-state index in [2.05, 4.69) is 0 Å². The number of aliphatic hydroxyl groups excluding tert-OH is 23. The molecule has 9 rings (SSSR count).